The number of likely N-dealkylation sites (N-methyl/N-ethyl adjacent to an activating group) is 1. The van der Waals surface area contributed by atoms with Crippen LogP contribution in [-0.2, 0) is 28.6 Å². The zero-order valence-electron chi connectivity index (χ0n) is 34.9. The third-order valence-electron chi connectivity index (χ3n) is 9.54. The van der Waals surface area contributed by atoms with E-state index in [0.717, 1.165) is 44.9 Å². The number of aliphatic carboxylic acids is 1. The smallest absolute Gasteiger partial charge is 0.306 e. The Bertz CT molecular complexity index is 968. The molecule has 8 nitrogen and oxygen atoms in total. The number of carboxylic acid groups (broad SMARTS) is 1. The van der Waals surface area contributed by atoms with Crippen LogP contribution in [-0.4, -0.2) is 75.5 Å². The van der Waals surface area contributed by atoms with Crippen LogP contribution in [0.4, 0.5) is 0 Å². The van der Waals surface area contributed by atoms with Gasteiger partial charge in [-0.05, 0) is 38.5 Å². The quantitative estimate of drug-likeness (QED) is 0.0268. The molecule has 8 heteroatoms. The van der Waals surface area contributed by atoms with Crippen molar-refractivity contribution in [2.24, 2.45) is 0 Å². The summed E-state index contributed by atoms with van der Waals surface area (Å²) < 4.78 is 17.1. The lowest BCUT2D eigenvalue weighted by atomic mass is 10.0. The first-order chi connectivity index (χ1) is 25.6. The van der Waals surface area contributed by atoms with Crippen LogP contribution in [0.25, 0.3) is 0 Å². The van der Waals surface area contributed by atoms with Crippen molar-refractivity contribution in [3.05, 3.63) is 36.5 Å². The van der Waals surface area contributed by atoms with E-state index in [1.165, 1.54) is 96.3 Å². The van der Waals surface area contributed by atoms with E-state index in [1.54, 1.807) is 21.1 Å². The summed E-state index contributed by atoms with van der Waals surface area (Å²) in [4.78, 5) is 36.7. The molecule has 0 aliphatic carbocycles. The predicted octanol–water partition coefficient (Wildman–Crippen LogP) is 10.1. The molecule has 0 spiro atoms. The van der Waals surface area contributed by atoms with Gasteiger partial charge in [0.2, 0.25) is 0 Å². The molecular weight excluding hydrogens is 666 g/mol. The van der Waals surface area contributed by atoms with Crippen molar-refractivity contribution in [3.8, 4) is 0 Å². The Hall–Kier alpha value is -2.45. The van der Waals surface area contributed by atoms with Gasteiger partial charge in [-0.1, -0.05) is 159 Å². The summed E-state index contributed by atoms with van der Waals surface area (Å²) in [6, 6.07) is -0.732. The number of quaternary nitrogens is 1. The predicted molar refractivity (Wildman–Crippen MR) is 217 cm³/mol. The van der Waals surface area contributed by atoms with Crippen molar-refractivity contribution < 1.29 is 38.2 Å². The molecule has 0 aromatic heterocycles. The maximum Gasteiger partial charge on any atom is 0.306 e. The summed E-state index contributed by atoms with van der Waals surface area (Å²) in [5.41, 5.74) is 0. The number of carbonyl (C=O) groups excluding carboxylic acids is 3. The summed E-state index contributed by atoms with van der Waals surface area (Å²) in [6.07, 6.45) is 40.4. The average molecular weight is 748 g/mol. The number of carbonyl (C=O) groups is 3. The molecule has 0 N–H and O–H groups in total. The molecule has 0 fully saturated rings. The Morgan fingerprint density at radius 2 is 1.06 bits per heavy atom. The van der Waals surface area contributed by atoms with E-state index >= 15 is 0 Å². The molecule has 0 aliphatic rings. The zero-order valence-corrected chi connectivity index (χ0v) is 34.9. The first kappa shape index (κ1) is 50.5. The Balaban J connectivity index is 4.31. The summed E-state index contributed by atoms with van der Waals surface area (Å²) in [5.74, 6) is -1.80. The minimum atomic E-state index is -1.13. The van der Waals surface area contributed by atoms with Crippen LogP contribution in [0.15, 0.2) is 36.5 Å². The molecule has 0 radical (unpaired) electrons. The van der Waals surface area contributed by atoms with Crippen LogP contribution < -0.4 is 5.11 Å². The van der Waals surface area contributed by atoms with E-state index in [1.807, 2.05) is 0 Å². The molecule has 0 aliphatic heterocycles. The lowest BCUT2D eigenvalue weighted by molar-refractivity contribution is -0.889. The second kappa shape index (κ2) is 36.5. The van der Waals surface area contributed by atoms with Crippen molar-refractivity contribution in [3.63, 3.8) is 0 Å². The fourth-order valence-electron chi connectivity index (χ4n) is 6.21. The number of unbranched alkanes of at least 4 members (excludes halogenated alkanes) is 18. The minimum absolute atomic E-state index is 0.0226. The highest BCUT2D eigenvalue weighted by molar-refractivity contribution is 5.70. The Labute approximate surface area is 325 Å². The Morgan fingerprint density at radius 3 is 1.55 bits per heavy atom. The van der Waals surface area contributed by atoms with Gasteiger partial charge in [-0.15, -0.1) is 0 Å². The van der Waals surface area contributed by atoms with Crippen molar-refractivity contribution in [2.45, 2.75) is 193 Å². The van der Waals surface area contributed by atoms with Gasteiger partial charge in [0.1, 0.15) is 12.6 Å². The molecule has 308 valence electrons. The number of hydrogen-bond acceptors (Lipinski definition) is 7. The highest BCUT2D eigenvalue weighted by Gasteiger charge is 2.25. The highest BCUT2D eigenvalue weighted by atomic mass is 16.6. The molecule has 0 aromatic rings. The number of hydrogen-bond donors (Lipinski definition) is 0. The van der Waals surface area contributed by atoms with Crippen molar-refractivity contribution >= 4 is 17.9 Å². The molecule has 0 aromatic carbocycles. The lowest BCUT2D eigenvalue weighted by Gasteiger charge is -2.34. The largest absolute Gasteiger partial charge is 0.544 e. The van der Waals surface area contributed by atoms with E-state index in [2.05, 4.69) is 50.3 Å². The molecular formula is C45H81NO7. The molecule has 0 heterocycles. The zero-order chi connectivity index (χ0) is 39.3. The van der Waals surface area contributed by atoms with Gasteiger partial charge in [-0.3, -0.25) is 9.59 Å². The van der Waals surface area contributed by atoms with E-state index < -0.39 is 18.1 Å². The van der Waals surface area contributed by atoms with Crippen molar-refractivity contribution in [2.75, 3.05) is 41.0 Å². The molecule has 0 bridgehead atoms. The van der Waals surface area contributed by atoms with Crippen molar-refractivity contribution in [1.82, 2.24) is 0 Å². The molecule has 53 heavy (non-hydrogen) atoms. The third kappa shape index (κ3) is 35.0. The van der Waals surface area contributed by atoms with Crippen LogP contribution >= 0.6 is 0 Å². The number of carboxylic acids is 1. The average Bonchev–Trinajstić information content (AvgIpc) is 3.11. The van der Waals surface area contributed by atoms with Crippen molar-refractivity contribution in [1.29, 1.82) is 0 Å². The highest BCUT2D eigenvalue weighted by Crippen LogP contribution is 2.15. The lowest BCUT2D eigenvalue weighted by Crippen LogP contribution is -2.55. The standard InChI is InChI=1S/C45H81NO7/c1-6-8-10-12-14-16-18-19-20-21-22-23-24-26-27-29-31-33-35-43(47)52-40-41(39-51-38-37-42(45(49)50)46(3,4)5)53-44(48)36-34-32-30-28-25-17-15-13-11-9-7-2/h9,11,15,17,28,30,41-42H,6-8,10,12-14,16,18-27,29,31-40H2,1-5H3/b11-9+,17-15+,30-28+. The van der Waals surface area contributed by atoms with Crippen LogP contribution in [0.2, 0.25) is 0 Å². The topological polar surface area (TPSA) is 102 Å². The maximum absolute atomic E-state index is 12.6. The number of allylic oxidation sites excluding steroid dienone is 6. The van der Waals surface area contributed by atoms with Gasteiger partial charge in [0.05, 0.1) is 40.3 Å². The van der Waals surface area contributed by atoms with Gasteiger partial charge in [0, 0.05) is 19.3 Å². The van der Waals surface area contributed by atoms with Crippen LogP contribution in [0.1, 0.15) is 181 Å². The summed E-state index contributed by atoms with van der Waals surface area (Å²) in [7, 11) is 5.38. The first-order valence-electron chi connectivity index (χ1n) is 21.5. The van der Waals surface area contributed by atoms with Gasteiger partial charge in [0.25, 0.3) is 0 Å². The Morgan fingerprint density at radius 1 is 0.585 bits per heavy atom. The van der Waals surface area contributed by atoms with E-state index in [9.17, 15) is 19.5 Å². The molecule has 2 unspecified atom stereocenters. The van der Waals surface area contributed by atoms with Gasteiger partial charge in [-0.2, -0.15) is 0 Å². The van der Waals surface area contributed by atoms with E-state index in [-0.39, 0.29) is 49.1 Å². The van der Waals surface area contributed by atoms with Gasteiger partial charge < -0.3 is 28.6 Å². The van der Waals surface area contributed by atoms with Crippen LogP contribution in [0.3, 0.4) is 0 Å². The summed E-state index contributed by atoms with van der Waals surface area (Å²) in [6.45, 7) is 4.49. The SMILES string of the molecule is CC/C=C/C/C=C/C/C=C/CCCC(=O)OC(COCCC(C(=O)[O-])[N+](C)(C)C)COC(=O)CCCCCCCCCCCCCCCCCCCC. The van der Waals surface area contributed by atoms with E-state index in [4.69, 9.17) is 14.2 Å². The van der Waals surface area contributed by atoms with E-state index in [0.29, 0.717) is 12.8 Å². The van der Waals surface area contributed by atoms with Crippen LogP contribution in [0, 0.1) is 0 Å². The number of ether oxygens (including phenoxy) is 3. The maximum atomic E-state index is 12.6. The fourth-order valence-corrected chi connectivity index (χ4v) is 6.21. The molecule has 0 amide bonds. The Kier molecular flexibility index (Phi) is 34.8. The number of rotatable bonds is 38. The molecule has 0 rings (SSSR count). The second-order valence-electron chi connectivity index (χ2n) is 15.6. The fraction of sp³-hybridized carbons (Fsp3) is 0.800. The van der Waals surface area contributed by atoms with Crippen LogP contribution in [0.5, 0.6) is 0 Å². The molecule has 0 saturated carbocycles. The molecule has 0 saturated heterocycles. The van der Waals surface area contributed by atoms with Gasteiger partial charge in [0.15, 0.2) is 6.10 Å². The minimum Gasteiger partial charge on any atom is -0.544 e. The van der Waals surface area contributed by atoms with Gasteiger partial charge in [-0.25, -0.2) is 0 Å². The first-order valence-corrected chi connectivity index (χ1v) is 21.5. The summed E-state index contributed by atoms with van der Waals surface area (Å²) in [5, 5.41) is 11.6. The number of esters is 2. The molecule has 2 atom stereocenters. The third-order valence-corrected chi connectivity index (χ3v) is 9.54. The second-order valence-corrected chi connectivity index (χ2v) is 15.6. The number of nitrogens with zero attached hydrogens (tertiary/aromatic N) is 1. The monoisotopic (exact) mass is 748 g/mol. The van der Waals surface area contributed by atoms with Gasteiger partial charge >= 0.3 is 11.9 Å². The summed E-state index contributed by atoms with van der Waals surface area (Å²) >= 11 is 0. The normalized spacial score (nSPS) is 13.3.